The number of aldehydes is 1. The second-order valence-corrected chi connectivity index (χ2v) is 4.58. The molecule has 0 fully saturated rings. The SMILES string of the molecule is O=Cc1cc(-c2cc3cc(Cl)ccc3o2)ccc1F. The van der Waals surface area contributed by atoms with E-state index in [0.29, 0.717) is 28.2 Å². The molecule has 0 amide bonds. The zero-order valence-corrected chi connectivity index (χ0v) is 10.4. The van der Waals surface area contributed by atoms with Gasteiger partial charge in [-0.15, -0.1) is 0 Å². The van der Waals surface area contributed by atoms with E-state index in [1.165, 1.54) is 12.1 Å². The van der Waals surface area contributed by atoms with Crippen LogP contribution in [0.15, 0.2) is 46.9 Å². The van der Waals surface area contributed by atoms with Gasteiger partial charge in [-0.3, -0.25) is 4.79 Å². The van der Waals surface area contributed by atoms with Crippen molar-refractivity contribution in [3.05, 3.63) is 58.9 Å². The summed E-state index contributed by atoms with van der Waals surface area (Å²) in [6, 6.07) is 11.4. The van der Waals surface area contributed by atoms with Gasteiger partial charge >= 0.3 is 0 Å². The van der Waals surface area contributed by atoms with Gasteiger partial charge in [0.1, 0.15) is 17.2 Å². The molecule has 0 spiro atoms. The van der Waals surface area contributed by atoms with Crippen LogP contribution in [-0.2, 0) is 0 Å². The standard InChI is InChI=1S/C15H8ClFO2/c16-12-2-4-14-10(6-12)7-15(19-14)9-1-3-13(17)11(5-9)8-18/h1-8H. The number of carbonyl (C=O) groups excluding carboxylic acids is 1. The molecule has 19 heavy (non-hydrogen) atoms. The number of rotatable bonds is 2. The third-order valence-corrected chi connectivity index (χ3v) is 3.12. The van der Waals surface area contributed by atoms with Crippen LogP contribution in [0.3, 0.4) is 0 Å². The van der Waals surface area contributed by atoms with Crippen molar-refractivity contribution in [2.45, 2.75) is 0 Å². The van der Waals surface area contributed by atoms with Crippen molar-refractivity contribution >= 4 is 28.9 Å². The zero-order chi connectivity index (χ0) is 13.4. The van der Waals surface area contributed by atoms with Crippen LogP contribution in [0.2, 0.25) is 5.02 Å². The summed E-state index contributed by atoms with van der Waals surface area (Å²) in [6.07, 6.45) is 0.484. The normalized spacial score (nSPS) is 10.8. The van der Waals surface area contributed by atoms with Crippen LogP contribution in [0.5, 0.6) is 0 Å². The number of benzene rings is 2. The Morgan fingerprint density at radius 1 is 1.11 bits per heavy atom. The van der Waals surface area contributed by atoms with E-state index in [1.807, 2.05) is 6.07 Å². The molecule has 4 heteroatoms. The van der Waals surface area contributed by atoms with Gasteiger partial charge in [0.15, 0.2) is 6.29 Å². The molecular formula is C15H8ClFO2. The van der Waals surface area contributed by atoms with Crippen molar-refractivity contribution in [1.29, 1.82) is 0 Å². The highest BCUT2D eigenvalue weighted by atomic mass is 35.5. The number of hydrogen-bond donors (Lipinski definition) is 0. The lowest BCUT2D eigenvalue weighted by molar-refractivity contribution is 0.112. The first kappa shape index (κ1) is 11.9. The van der Waals surface area contributed by atoms with Crippen LogP contribution in [0.25, 0.3) is 22.3 Å². The minimum Gasteiger partial charge on any atom is -0.456 e. The minimum atomic E-state index is -0.544. The van der Waals surface area contributed by atoms with Crippen LogP contribution in [0.4, 0.5) is 4.39 Å². The monoisotopic (exact) mass is 274 g/mol. The van der Waals surface area contributed by atoms with Gasteiger partial charge in [0.2, 0.25) is 0 Å². The van der Waals surface area contributed by atoms with Gasteiger partial charge in [0, 0.05) is 16.0 Å². The number of hydrogen-bond acceptors (Lipinski definition) is 2. The van der Waals surface area contributed by atoms with E-state index in [-0.39, 0.29) is 5.56 Å². The summed E-state index contributed by atoms with van der Waals surface area (Å²) >= 11 is 5.90. The average molecular weight is 275 g/mol. The third kappa shape index (κ3) is 2.13. The third-order valence-electron chi connectivity index (χ3n) is 2.89. The van der Waals surface area contributed by atoms with E-state index in [2.05, 4.69) is 0 Å². The lowest BCUT2D eigenvalue weighted by atomic mass is 10.1. The Bertz CT molecular complexity index is 777. The van der Waals surface area contributed by atoms with Gasteiger partial charge in [-0.2, -0.15) is 0 Å². The molecule has 94 valence electrons. The van der Waals surface area contributed by atoms with Gasteiger partial charge in [0.05, 0.1) is 5.56 Å². The topological polar surface area (TPSA) is 30.2 Å². The Kier molecular flexibility index (Phi) is 2.84. The van der Waals surface area contributed by atoms with Gasteiger partial charge < -0.3 is 4.42 Å². The highest BCUT2D eigenvalue weighted by Gasteiger charge is 2.09. The minimum absolute atomic E-state index is 0.0102. The van der Waals surface area contributed by atoms with Crippen LogP contribution in [-0.4, -0.2) is 6.29 Å². The van der Waals surface area contributed by atoms with Crippen molar-refractivity contribution in [1.82, 2.24) is 0 Å². The highest BCUT2D eigenvalue weighted by molar-refractivity contribution is 6.31. The predicted octanol–water partition coefficient (Wildman–Crippen LogP) is 4.70. The van der Waals surface area contributed by atoms with Crippen LogP contribution < -0.4 is 0 Å². The molecule has 0 bridgehead atoms. The molecule has 0 aliphatic heterocycles. The zero-order valence-electron chi connectivity index (χ0n) is 9.69. The number of furan rings is 1. The van der Waals surface area contributed by atoms with Gasteiger partial charge in [-0.05, 0) is 42.5 Å². The Morgan fingerprint density at radius 2 is 1.95 bits per heavy atom. The van der Waals surface area contributed by atoms with Gasteiger partial charge in [-0.25, -0.2) is 4.39 Å². The molecule has 0 saturated carbocycles. The summed E-state index contributed by atoms with van der Waals surface area (Å²) in [4.78, 5) is 10.7. The molecule has 0 saturated heterocycles. The van der Waals surface area contributed by atoms with Gasteiger partial charge in [-0.1, -0.05) is 11.6 Å². The van der Waals surface area contributed by atoms with Crippen molar-refractivity contribution in [3.63, 3.8) is 0 Å². The van der Waals surface area contributed by atoms with Crippen molar-refractivity contribution < 1.29 is 13.6 Å². The molecule has 3 rings (SSSR count). The molecule has 3 aromatic rings. The molecule has 0 atom stereocenters. The molecule has 0 unspecified atom stereocenters. The van der Waals surface area contributed by atoms with E-state index in [1.54, 1.807) is 24.3 Å². The lowest BCUT2D eigenvalue weighted by Crippen LogP contribution is -1.87. The average Bonchev–Trinajstić information content (AvgIpc) is 2.82. The number of carbonyl (C=O) groups is 1. The maximum absolute atomic E-state index is 13.3. The number of fused-ring (bicyclic) bond motifs is 1. The molecule has 1 heterocycles. The van der Waals surface area contributed by atoms with Gasteiger partial charge in [0.25, 0.3) is 0 Å². The van der Waals surface area contributed by atoms with E-state index in [9.17, 15) is 9.18 Å². The summed E-state index contributed by atoms with van der Waals surface area (Å²) < 4.78 is 18.9. The van der Waals surface area contributed by atoms with E-state index in [0.717, 1.165) is 5.39 Å². The first-order valence-electron chi connectivity index (χ1n) is 5.61. The van der Waals surface area contributed by atoms with Crippen molar-refractivity contribution in [2.75, 3.05) is 0 Å². The predicted molar refractivity (Wildman–Crippen MR) is 72.0 cm³/mol. The highest BCUT2D eigenvalue weighted by Crippen LogP contribution is 2.30. The Hall–Kier alpha value is -2.13. The molecule has 2 aromatic carbocycles. The largest absolute Gasteiger partial charge is 0.456 e. The molecule has 0 aliphatic rings. The fourth-order valence-corrected chi connectivity index (χ4v) is 2.12. The van der Waals surface area contributed by atoms with Crippen LogP contribution in [0.1, 0.15) is 10.4 Å². The summed E-state index contributed by atoms with van der Waals surface area (Å²) in [5.74, 6) is 0.0262. The van der Waals surface area contributed by atoms with Crippen LogP contribution >= 0.6 is 11.6 Å². The first-order chi connectivity index (χ1) is 9.17. The summed E-state index contributed by atoms with van der Waals surface area (Å²) in [5.41, 5.74) is 1.35. The molecule has 0 N–H and O–H groups in total. The maximum atomic E-state index is 13.3. The lowest BCUT2D eigenvalue weighted by Gasteiger charge is -1.98. The van der Waals surface area contributed by atoms with E-state index < -0.39 is 5.82 Å². The van der Waals surface area contributed by atoms with Crippen molar-refractivity contribution in [3.8, 4) is 11.3 Å². The smallest absolute Gasteiger partial charge is 0.153 e. The second kappa shape index (κ2) is 4.52. The molecule has 0 aliphatic carbocycles. The molecule has 0 radical (unpaired) electrons. The molecular weight excluding hydrogens is 267 g/mol. The van der Waals surface area contributed by atoms with E-state index >= 15 is 0 Å². The Morgan fingerprint density at radius 3 is 2.74 bits per heavy atom. The fraction of sp³-hybridized carbons (Fsp3) is 0. The molecule has 1 aromatic heterocycles. The van der Waals surface area contributed by atoms with E-state index in [4.69, 9.17) is 16.0 Å². The van der Waals surface area contributed by atoms with Crippen LogP contribution in [0, 0.1) is 5.82 Å². The summed E-state index contributed by atoms with van der Waals surface area (Å²) in [5, 5.41) is 1.48. The molecule has 2 nitrogen and oxygen atoms in total. The van der Waals surface area contributed by atoms with Crippen molar-refractivity contribution in [2.24, 2.45) is 0 Å². The quantitative estimate of drug-likeness (QED) is 0.634. The summed E-state index contributed by atoms with van der Waals surface area (Å²) in [7, 11) is 0. The maximum Gasteiger partial charge on any atom is 0.153 e. The second-order valence-electron chi connectivity index (χ2n) is 4.15. The Labute approximate surface area is 113 Å². The Balaban J connectivity index is 2.16. The fourth-order valence-electron chi connectivity index (χ4n) is 1.94. The number of halogens is 2. The summed E-state index contributed by atoms with van der Waals surface area (Å²) in [6.45, 7) is 0. The first-order valence-corrected chi connectivity index (χ1v) is 5.99.